The van der Waals surface area contributed by atoms with E-state index >= 15 is 0 Å². The van der Waals surface area contributed by atoms with Gasteiger partial charge < -0.3 is 10.4 Å². The zero-order valence-corrected chi connectivity index (χ0v) is 9.04. The van der Waals surface area contributed by atoms with Gasteiger partial charge in [-0.1, -0.05) is 6.07 Å². The molecule has 2 N–H and O–H groups in total. The van der Waals surface area contributed by atoms with E-state index in [2.05, 4.69) is 5.32 Å². The molecule has 1 unspecified atom stereocenters. The van der Waals surface area contributed by atoms with Gasteiger partial charge in [-0.25, -0.2) is 8.78 Å². The fourth-order valence-electron chi connectivity index (χ4n) is 1.10. The summed E-state index contributed by atoms with van der Waals surface area (Å²) in [4.78, 5) is 21.7. The van der Waals surface area contributed by atoms with Gasteiger partial charge in [0.25, 0.3) is 0 Å². The molecule has 1 amide bonds. The van der Waals surface area contributed by atoms with Crippen LogP contribution in [-0.2, 0) is 16.1 Å². The lowest BCUT2D eigenvalue weighted by atomic mass is 10.1. The Hall–Kier alpha value is -1.98. The van der Waals surface area contributed by atoms with Crippen molar-refractivity contribution < 1.29 is 23.5 Å². The average Bonchev–Trinajstić information content (AvgIpc) is 2.29. The Morgan fingerprint density at radius 3 is 2.53 bits per heavy atom. The summed E-state index contributed by atoms with van der Waals surface area (Å²) >= 11 is 0. The van der Waals surface area contributed by atoms with Crippen LogP contribution in [0.4, 0.5) is 8.78 Å². The van der Waals surface area contributed by atoms with E-state index < -0.39 is 29.4 Å². The molecular formula is C11H11F2NO3. The van der Waals surface area contributed by atoms with Gasteiger partial charge in [-0.3, -0.25) is 9.59 Å². The molecule has 0 fully saturated rings. The molecule has 0 aliphatic rings. The van der Waals surface area contributed by atoms with Crippen LogP contribution in [-0.4, -0.2) is 17.0 Å². The highest BCUT2D eigenvalue weighted by atomic mass is 19.2. The van der Waals surface area contributed by atoms with E-state index in [1.807, 2.05) is 0 Å². The number of hydrogen-bond acceptors (Lipinski definition) is 2. The van der Waals surface area contributed by atoms with Crippen LogP contribution in [0.1, 0.15) is 12.5 Å². The molecule has 0 heterocycles. The van der Waals surface area contributed by atoms with Crippen LogP contribution in [0.25, 0.3) is 0 Å². The van der Waals surface area contributed by atoms with Crippen LogP contribution in [0.5, 0.6) is 0 Å². The summed E-state index contributed by atoms with van der Waals surface area (Å²) in [5.74, 6) is -5.09. The summed E-state index contributed by atoms with van der Waals surface area (Å²) in [6.07, 6.45) is 0. The Morgan fingerprint density at radius 2 is 2.00 bits per heavy atom. The number of hydrogen-bond donors (Lipinski definition) is 2. The van der Waals surface area contributed by atoms with Gasteiger partial charge in [-0.2, -0.15) is 0 Å². The van der Waals surface area contributed by atoms with Crippen molar-refractivity contribution in [2.45, 2.75) is 13.5 Å². The van der Waals surface area contributed by atoms with Crippen molar-refractivity contribution >= 4 is 11.9 Å². The molecule has 0 aliphatic carbocycles. The monoisotopic (exact) mass is 243 g/mol. The highest BCUT2D eigenvalue weighted by molar-refractivity contribution is 5.96. The second-order valence-corrected chi connectivity index (χ2v) is 3.53. The molecule has 4 nitrogen and oxygen atoms in total. The minimum Gasteiger partial charge on any atom is -0.481 e. The standard InChI is InChI=1S/C11H11F2NO3/c1-6(11(16)17)10(15)14-5-7-2-3-8(12)9(13)4-7/h2-4,6H,5H2,1H3,(H,14,15)(H,16,17). The minimum absolute atomic E-state index is 0.0480. The highest BCUT2D eigenvalue weighted by Crippen LogP contribution is 2.08. The minimum atomic E-state index is -1.24. The lowest BCUT2D eigenvalue weighted by Gasteiger charge is -2.08. The van der Waals surface area contributed by atoms with Crippen molar-refractivity contribution in [2.24, 2.45) is 5.92 Å². The number of carbonyl (C=O) groups excluding carboxylic acids is 1. The smallest absolute Gasteiger partial charge is 0.315 e. The van der Waals surface area contributed by atoms with E-state index in [9.17, 15) is 18.4 Å². The number of amides is 1. The molecule has 0 spiro atoms. The van der Waals surface area contributed by atoms with Crippen LogP contribution < -0.4 is 5.32 Å². The van der Waals surface area contributed by atoms with Crippen LogP contribution in [0.3, 0.4) is 0 Å². The Kier molecular flexibility index (Phi) is 4.14. The zero-order chi connectivity index (χ0) is 13.0. The van der Waals surface area contributed by atoms with Gasteiger partial charge in [0.15, 0.2) is 11.6 Å². The molecule has 17 heavy (non-hydrogen) atoms. The fourth-order valence-corrected chi connectivity index (χ4v) is 1.10. The number of rotatable bonds is 4. The van der Waals surface area contributed by atoms with Crippen molar-refractivity contribution in [2.75, 3.05) is 0 Å². The first-order valence-corrected chi connectivity index (χ1v) is 4.86. The van der Waals surface area contributed by atoms with Crippen molar-refractivity contribution in [3.05, 3.63) is 35.4 Å². The number of aliphatic carboxylic acids is 1. The van der Waals surface area contributed by atoms with Crippen LogP contribution in [0.15, 0.2) is 18.2 Å². The molecule has 1 atom stereocenters. The van der Waals surface area contributed by atoms with E-state index in [1.165, 1.54) is 13.0 Å². The Bertz CT molecular complexity index is 448. The van der Waals surface area contributed by atoms with Gasteiger partial charge in [0.2, 0.25) is 5.91 Å². The van der Waals surface area contributed by atoms with E-state index in [0.29, 0.717) is 5.56 Å². The molecule has 1 aromatic carbocycles. The number of carboxylic acid groups (broad SMARTS) is 1. The largest absolute Gasteiger partial charge is 0.481 e. The predicted molar refractivity (Wildman–Crippen MR) is 55.0 cm³/mol. The number of halogens is 2. The van der Waals surface area contributed by atoms with Crippen molar-refractivity contribution in [1.82, 2.24) is 5.32 Å². The van der Waals surface area contributed by atoms with Gasteiger partial charge in [-0.05, 0) is 24.6 Å². The number of benzene rings is 1. The van der Waals surface area contributed by atoms with E-state index in [-0.39, 0.29) is 6.54 Å². The molecule has 6 heteroatoms. The summed E-state index contributed by atoms with van der Waals surface area (Å²) in [5, 5.41) is 10.9. The zero-order valence-electron chi connectivity index (χ0n) is 9.04. The summed E-state index contributed by atoms with van der Waals surface area (Å²) in [6.45, 7) is 1.19. The molecule has 0 aliphatic heterocycles. The van der Waals surface area contributed by atoms with Gasteiger partial charge in [0.1, 0.15) is 5.92 Å². The van der Waals surface area contributed by atoms with Crippen LogP contribution >= 0.6 is 0 Å². The summed E-state index contributed by atoms with van der Waals surface area (Å²) in [6, 6.07) is 3.20. The first-order chi connectivity index (χ1) is 7.91. The molecule has 1 aromatic rings. The highest BCUT2D eigenvalue weighted by Gasteiger charge is 2.19. The number of nitrogens with one attached hydrogen (secondary N) is 1. The predicted octanol–water partition coefficient (Wildman–Crippen LogP) is 1.30. The van der Waals surface area contributed by atoms with E-state index in [0.717, 1.165) is 12.1 Å². The second kappa shape index (κ2) is 5.38. The van der Waals surface area contributed by atoms with Gasteiger partial charge in [0, 0.05) is 6.54 Å². The number of carboxylic acids is 1. The Labute approximate surface area is 96.3 Å². The van der Waals surface area contributed by atoms with Crippen molar-refractivity contribution in [3.63, 3.8) is 0 Å². The maximum absolute atomic E-state index is 12.8. The fraction of sp³-hybridized carbons (Fsp3) is 0.273. The van der Waals surface area contributed by atoms with Gasteiger partial charge in [0.05, 0.1) is 0 Å². The Morgan fingerprint density at radius 1 is 1.35 bits per heavy atom. The normalized spacial score (nSPS) is 11.9. The van der Waals surface area contributed by atoms with Crippen molar-refractivity contribution in [1.29, 1.82) is 0 Å². The van der Waals surface area contributed by atoms with Crippen LogP contribution in [0, 0.1) is 17.6 Å². The SMILES string of the molecule is CC(C(=O)O)C(=O)NCc1ccc(F)c(F)c1. The molecule has 92 valence electrons. The molecule has 0 bridgehead atoms. The summed E-state index contributed by atoms with van der Waals surface area (Å²) in [7, 11) is 0. The molecule has 0 saturated heterocycles. The maximum Gasteiger partial charge on any atom is 0.315 e. The third-order valence-corrected chi connectivity index (χ3v) is 2.21. The molecule has 0 radical (unpaired) electrons. The Balaban J connectivity index is 2.59. The first-order valence-electron chi connectivity index (χ1n) is 4.86. The average molecular weight is 243 g/mol. The first kappa shape index (κ1) is 13.1. The quantitative estimate of drug-likeness (QED) is 0.783. The van der Waals surface area contributed by atoms with E-state index in [4.69, 9.17) is 5.11 Å². The topological polar surface area (TPSA) is 66.4 Å². The third kappa shape index (κ3) is 3.51. The number of carbonyl (C=O) groups is 2. The van der Waals surface area contributed by atoms with Crippen molar-refractivity contribution in [3.8, 4) is 0 Å². The summed E-state index contributed by atoms with van der Waals surface area (Å²) < 4.78 is 25.4. The lowest BCUT2D eigenvalue weighted by molar-refractivity contribution is -0.146. The van der Waals surface area contributed by atoms with Crippen LogP contribution in [0.2, 0.25) is 0 Å². The third-order valence-electron chi connectivity index (χ3n) is 2.21. The van der Waals surface area contributed by atoms with Gasteiger partial charge >= 0.3 is 5.97 Å². The molecule has 0 aromatic heterocycles. The van der Waals surface area contributed by atoms with E-state index in [1.54, 1.807) is 0 Å². The van der Waals surface area contributed by atoms with Gasteiger partial charge in [-0.15, -0.1) is 0 Å². The molecule has 1 rings (SSSR count). The maximum atomic E-state index is 12.8. The second-order valence-electron chi connectivity index (χ2n) is 3.53. The molecule has 0 saturated carbocycles. The molecular weight excluding hydrogens is 232 g/mol. The summed E-state index contributed by atoms with van der Waals surface area (Å²) in [5.41, 5.74) is 0.356. The lowest BCUT2D eigenvalue weighted by Crippen LogP contribution is -2.33.